The number of halogens is 2. The van der Waals surface area contributed by atoms with Gasteiger partial charge in [0.2, 0.25) is 5.95 Å². The third-order valence-corrected chi connectivity index (χ3v) is 10.6. The lowest BCUT2D eigenvalue weighted by molar-refractivity contribution is 0.0974. The molecule has 6 rings (SSSR count). The summed E-state index contributed by atoms with van der Waals surface area (Å²) in [5.74, 6) is 2.63. The first-order valence-electron chi connectivity index (χ1n) is 14.5. The summed E-state index contributed by atoms with van der Waals surface area (Å²) in [6.45, 7) is 8.50. The van der Waals surface area contributed by atoms with E-state index in [-0.39, 0.29) is 42.0 Å². The van der Waals surface area contributed by atoms with E-state index in [1.54, 1.807) is 24.7 Å². The Labute approximate surface area is 267 Å². The fraction of sp³-hybridized carbons (Fsp3) is 0.552. The molecule has 0 radical (unpaired) electrons. The zero-order valence-electron chi connectivity index (χ0n) is 24.4. The highest BCUT2D eigenvalue weighted by atomic mass is 35.5. The molecule has 0 aromatic carbocycles. The first-order chi connectivity index (χ1) is 20.3. The number of aliphatic hydroxyl groups is 1. The molecule has 3 fully saturated rings. The molecule has 3 aromatic rings. The maximum Gasteiger partial charge on any atom is 0.227 e. The molecule has 0 bridgehead atoms. The Morgan fingerprint density at radius 1 is 1.05 bits per heavy atom. The van der Waals surface area contributed by atoms with Crippen molar-refractivity contribution in [2.75, 3.05) is 54.5 Å². The van der Waals surface area contributed by atoms with Crippen LogP contribution < -0.4 is 20.9 Å². The van der Waals surface area contributed by atoms with Gasteiger partial charge >= 0.3 is 0 Å². The van der Waals surface area contributed by atoms with Crippen molar-refractivity contribution in [3.8, 4) is 0 Å². The maximum absolute atomic E-state index is 9.67. The molecule has 3 aliphatic heterocycles. The van der Waals surface area contributed by atoms with Crippen LogP contribution in [0.2, 0.25) is 5.02 Å². The van der Waals surface area contributed by atoms with Crippen LogP contribution >= 0.6 is 35.8 Å². The lowest BCUT2D eigenvalue weighted by atomic mass is 9.73. The van der Waals surface area contributed by atoms with E-state index in [0.29, 0.717) is 22.6 Å². The summed E-state index contributed by atoms with van der Waals surface area (Å²) in [6, 6.07) is 3.75. The molecule has 14 heteroatoms. The minimum absolute atomic E-state index is 0. The Hall–Kier alpha value is -2.48. The van der Waals surface area contributed by atoms with Gasteiger partial charge in [0.05, 0.1) is 30.1 Å². The molecule has 232 valence electrons. The highest BCUT2D eigenvalue weighted by Gasteiger charge is 2.47. The van der Waals surface area contributed by atoms with Crippen LogP contribution in [0.15, 0.2) is 46.8 Å². The third kappa shape index (κ3) is 6.79. The van der Waals surface area contributed by atoms with E-state index in [0.717, 1.165) is 74.2 Å². The van der Waals surface area contributed by atoms with Crippen molar-refractivity contribution in [3.63, 3.8) is 0 Å². The van der Waals surface area contributed by atoms with E-state index in [1.807, 2.05) is 12.3 Å². The highest BCUT2D eigenvalue weighted by molar-refractivity contribution is 7.99. The Bertz CT molecular complexity index is 1390. The van der Waals surface area contributed by atoms with Gasteiger partial charge in [-0.3, -0.25) is 0 Å². The second kappa shape index (κ2) is 13.3. The van der Waals surface area contributed by atoms with E-state index in [4.69, 9.17) is 32.0 Å². The largest absolute Gasteiger partial charge is 0.396 e. The Morgan fingerprint density at radius 3 is 2.42 bits per heavy atom. The van der Waals surface area contributed by atoms with Crippen LogP contribution in [-0.4, -0.2) is 81.6 Å². The molecule has 11 nitrogen and oxygen atoms in total. The molecule has 1 spiro atoms. The Morgan fingerprint density at radius 2 is 1.77 bits per heavy atom. The van der Waals surface area contributed by atoms with Crippen LogP contribution in [-0.2, 0) is 4.74 Å². The molecule has 0 unspecified atom stereocenters. The first-order valence-corrected chi connectivity index (χ1v) is 15.7. The third-order valence-electron chi connectivity index (χ3n) is 9.14. The molecule has 0 aliphatic carbocycles. The second-order valence-electron chi connectivity index (χ2n) is 12.0. The number of aromatic nitrogens is 5. The average molecular weight is 649 g/mol. The van der Waals surface area contributed by atoms with Gasteiger partial charge in [-0.1, -0.05) is 30.3 Å². The number of nitrogens with one attached hydrogen (secondary N) is 1. The summed E-state index contributed by atoms with van der Waals surface area (Å²) in [7, 11) is 0. The molecule has 3 saturated heterocycles. The van der Waals surface area contributed by atoms with Gasteiger partial charge in [0.25, 0.3) is 0 Å². The number of piperidine rings is 2. The Kier molecular flexibility index (Phi) is 9.84. The van der Waals surface area contributed by atoms with Crippen molar-refractivity contribution in [3.05, 3.63) is 41.9 Å². The molecule has 6 heterocycles. The van der Waals surface area contributed by atoms with Crippen LogP contribution in [0.5, 0.6) is 0 Å². The lowest BCUT2D eigenvalue weighted by Crippen LogP contribution is -2.50. The molecular weight excluding hydrogens is 609 g/mol. The number of ether oxygens (including phenoxy) is 1. The van der Waals surface area contributed by atoms with Crippen LogP contribution in [0.25, 0.3) is 0 Å². The van der Waals surface area contributed by atoms with Crippen LogP contribution in [0.4, 0.5) is 23.4 Å². The number of aliphatic hydroxyl groups excluding tert-OH is 1. The average Bonchev–Trinajstić information content (AvgIpc) is 3.29. The Balaban J connectivity index is 0.00000368. The molecule has 4 N–H and O–H groups in total. The molecule has 2 atom stereocenters. The van der Waals surface area contributed by atoms with Gasteiger partial charge in [-0.15, -0.1) is 12.4 Å². The SMILES string of the molecule is C[C@@H]1OCC2(CCN(c3cnc(Sc4ccnc(Nc5ccnc(N6CCC(C)(CO)CC6)n5)c4Cl)cn3)CC2)[C@@H]1N.Cl. The number of hydrogen-bond donors (Lipinski definition) is 3. The van der Waals surface area contributed by atoms with Gasteiger partial charge in [-0.05, 0) is 50.2 Å². The van der Waals surface area contributed by atoms with E-state index < -0.39 is 0 Å². The van der Waals surface area contributed by atoms with Crippen molar-refractivity contribution >= 4 is 59.2 Å². The fourth-order valence-corrected chi connectivity index (χ4v) is 7.01. The molecule has 0 amide bonds. The minimum Gasteiger partial charge on any atom is -0.396 e. The molecule has 3 aliphatic rings. The molecule has 3 aromatic heterocycles. The van der Waals surface area contributed by atoms with Crippen molar-refractivity contribution in [2.45, 2.75) is 61.6 Å². The summed E-state index contributed by atoms with van der Waals surface area (Å²) in [6.07, 6.45) is 10.9. The van der Waals surface area contributed by atoms with E-state index in [9.17, 15) is 5.11 Å². The first kappa shape index (κ1) is 31.9. The van der Waals surface area contributed by atoms with Crippen molar-refractivity contribution in [2.24, 2.45) is 16.6 Å². The van der Waals surface area contributed by atoms with E-state index in [1.165, 1.54) is 11.8 Å². The second-order valence-corrected chi connectivity index (χ2v) is 13.4. The van der Waals surface area contributed by atoms with Gasteiger partial charge in [0, 0.05) is 61.5 Å². The van der Waals surface area contributed by atoms with Gasteiger partial charge in [-0.2, -0.15) is 4.98 Å². The smallest absolute Gasteiger partial charge is 0.227 e. The topological polar surface area (TPSA) is 138 Å². The van der Waals surface area contributed by atoms with Crippen LogP contribution in [0.3, 0.4) is 0 Å². The zero-order valence-corrected chi connectivity index (χ0v) is 26.8. The highest BCUT2D eigenvalue weighted by Crippen LogP contribution is 2.42. The lowest BCUT2D eigenvalue weighted by Gasteiger charge is -2.41. The summed E-state index contributed by atoms with van der Waals surface area (Å²) >= 11 is 8.22. The molecule has 43 heavy (non-hydrogen) atoms. The standard InChI is InChI=1S/C29H38ClN9O2S.ClH/c1-19-25(31)29(18-41-19)7-13-38(14-8-29)22-15-35-23(16-34-22)42-20-3-9-32-26(24(20)30)36-21-4-10-33-27(37-21)39-11-5-28(2,17-40)6-12-39;/h3-4,9-10,15-16,19,25,40H,5-8,11-14,17-18,31H2,1-2H3,(H,32,33,36,37);1H/t19-,25+;/m0./s1. The van der Waals surface area contributed by atoms with E-state index in [2.05, 4.69) is 43.9 Å². The van der Waals surface area contributed by atoms with Gasteiger partial charge < -0.3 is 30.7 Å². The van der Waals surface area contributed by atoms with Crippen molar-refractivity contribution < 1.29 is 9.84 Å². The predicted octanol–water partition coefficient (Wildman–Crippen LogP) is 4.56. The number of pyridine rings is 1. The van der Waals surface area contributed by atoms with Gasteiger partial charge in [-0.25, -0.2) is 19.9 Å². The summed E-state index contributed by atoms with van der Waals surface area (Å²) in [4.78, 5) is 28.2. The zero-order chi connectivity index (χ0) is 29.3. The molecular formula is C29H39Cl2N9O2S. The quantitative estimate of drug-likeness (QED) is 0.331. The number of nitrogens with two attached hydrogens (primary N) is 1. The number of rotatable bonds is 7. The normalized spacial score (nSPS) is 22.8. The maximum atomic E-state index is 9.67. The van der Waals surface area contributed by atoms with Gasteiger partial charge in [0.15, 0.2) is 5.82 Å². The predicted molar refractivity (Wildman–Crippen MR) is 172 cm³/mol. The summed E-state index contributed by atoms with van der Waals surface area (Å²) < 4.78 is 5.85. The number of nitrogens with zero attached hydrogens (tertiary/aromatic N) is 7. The van der Waals surface area contributed by atoms with Crippen molar-refractivity contribution in [1.29, 1.82) is 0 Å². The summed E-state index contributed by atoms with van der Waals surface area (Å²) in [5.41, 5.74) is 6.51. The monoisotopic (exact) mass is 647 g/mol. The van der Waals surface area contributed by atoms with Gasteiger partial charge in [0.1, 0.15) is 16.7 Å². The number of anilines is 4. The minimum atomic E-state index is -0.0397. The van der Waals surface area contributed by atoms with Crippen LogP contribution in [0.1, 0.15) is 39.5 Å². The van der Waals surface area contributed by atoms with Crippen molar-refractivity contribution in [1.82, 2.24) is 24.9 Å². The fourth-order valence-electron chi connectivity index (χ4n) is 5.98. The summed E-state index contributed by atoms with van der Waals surface area (Å²) in [5, 5.41) is 14.2. The number of hydrogen-bond acceptors (Lipinski definition) is 12. The van der Waals surface area contributed by atoms with E-state index >= 15 is 0 Å². The molecule has 0 saturated carbocycles. The van der Waals surface area contributed by atoms with Crippen LogP contribution in [0, 0.1) is 10.8 Å².